The van der Waals surface area contributed by atoms with Crippen LogP contribution in [-0.2, 0) is 0 Å². The van der Waals surface area contributed by atoms with Gasteiger partial charge in [-0.15, -0.1) is 0 Å². The maximum atomic E-state index is 11.8. The number of para-hydroxylation sites is 1. The number of aromatic nitrogens is 2. The molecular formula is C25H18N4O. The standard InChI is InChI=1S/C25H18N4O/c26-25(30)21-15-23(29-24(16-21)28-22-6-2-1-3-7-22)20-12-10-18(11-13-20)8-9-19-5-4-14-27-17-19/h1-7,10-17H,(H2,26,30)(H,28,29). The third-order valence-electron chi connectivity index (χ3n) is 4.35. The van der Waals surface area contributed by atoms with Gasteiger partial charge in [-0.05, 0) is 48.5 Å². The number of hydrogen-bond donors (Lipinski definition) is 2. The van der Waals surface area contributed by atoms with Gasteiger partial charge in [-0.2, -0.15) is 0 Å². The fourth-order valence-electron chi connectivity index (χ4n) is 2.86. The van der Waals surface area contributed by atoms with Crippen LogP contribution in [0.15, 0.2) is 91.3 Å². The van der Waals surface area contributed by atoms with Crippen LogP contribution in [0.2, 0.25) is 0 Å². The van der Waals surface area contributed by atoms with Crippen molar-refractivity contribution in [1.29, 1.82) is 0 Å². The highest BCUT2D eigenvalue weighted by Gasteiger charge is 2.09. The van der Waals surface area contributed by atoms with E-state index in [-0.39, 0.29) is 0 Å². The van der Waals surface area contributed by atoms with Crippen molar-refractivity contribution in [2.45, 2.75) is 0 Å². The number of benzene rings is 2. The number of rotatable bonds is 4. The second-order valence-corrected chi connectivity index (χ2v) is 6.55. The third-order valence-corrected chi connectivity index (χ3v) is 4.35. The van der Waals surface area contributed by atoms with Gasteiger partial charge in [-0.1, -0.05) is 42.2 Å². The van der Waals surface area contributed by atoms with Crippen LogP contribution >= 0.6 is 0 Å². The first kappa shape index (κ1) is 18.9. The van der Waals surface area contributed by atoms with Crippen molar-refractivity contribution in [2.24, 2.45) is 5.73 Å². The molecule has 2 aromatic carbocycles. The van der Waals surface area contributed by atoms with E-state index in [0.717, 1.165) is 22.4 Å². The summed E-state index contributed by atoms with van der Waals surface area (Å²) in [5, 5.41) is 3.21. The van der Waals surface area contributed by atoms with E-state index in [1.807, 2.05) is 66.7 Å². The lowest BCUT2D eigenvalue weighted by molar-refractivity contribution is 0.100. The molecule has 0 atom stereocenters. The Bertz CT molecular complexity index is 1230. The second-order valence-electron chi connectivity index (χ2n) is 6.55. The van der Waals surface area contributed by atoms with Gasteiger partial charge in [0.25, 0.3) is 0 Å². The van der Waals surface area contributed by atoms with Gasteiger partial charge in [-0.3, -0.25) is 9.78 Å². The molecule has 0 saturated carbocycles. The first-order valence-corrected chi connectivity index (χ1v) is 9.34. The molecule has 4 rings (SSSR count). The van der Waals surface area contributed by atoms with Gasteiger partial charge >= 0.3 is 0 Å². The topological polar surface area (TPSA) is 80.9 Å². The largest absolute Gasteiger partial charge is 0.366 e. The molecule has 0 bridgehead atoms. The summed E-state index contributed by atoms with van der Waals surface area (Å²) in [6, 6.07) is 24.4. The van der Waals surface area contributed by atoms with Gasteiger partial charge in [0.15, 0.2) is 0 Å². The van der Waals surface area contributed by atoms with E-state index in [4.69, 9.17) is 5.73 Å². The first-order chi connectivity index (χ1) is 14.7. The predicted molar refractivity (Wildman–Crippen MR) is 118 cm³/mol. The number of nitrogens with two attached hydrogens (primary N) is 1. The predicted octanol–water partition coefficient (Wildman–Crippen LogP) is 4.39. The van der Waals surface area contributed by atoms with Crippen molar-refractivity contribution in [2.75, 3.05) is 5.32 Å². The Hall–Kier alpha value is -4.43. The summed E-state index contributed by atoms with van der Waals surface area (Å²) in [6.45, 7) is 0. The van der Waals surface area contributed by atoms with Crippen LogP contribution in [0.25, 0.3) is 11.3 Å². The average Bonchev–Trinajstić information content (AvgIpc) is 2.79. The monoisotopic (exact) mass is 390 g/mol. The molecule has 0 unspecified atom stereocenters. The second kappa shape index (κ2) is 8.72. The maximum absolute atomic E-state index is 11.8. The van der Waals surface area contributed by atoms with Gasteiger partial charge in [0.1, 0.15) is 5.82 Å². The molecule has 1 amide bonds. The van der Waals surface area contributed by atoms with Gasteiger partial charge in [0.2, 0.25) is 5.91 Å². The zero-order chi connectivity index (χ0) is 20.8. The Morgan fingerprint density at radius 1 is 0.867 bits per heavy atom. The number of hydrogen-bond acceptors (Lipinski definition) is 4. The number of primary amides is 1. The van der Waals surface area contributed by atoms with Crippen molar-refractivity contribution < 1.29 is 4.79 Å². The number of nitrogens with zero attached hydrogens (tertiary/aromatic N) is 2. The van der Waals surface area contributed by atoms with Crippen LogP contribution in [0.5, 0.6) is 0 Å². The highest BCUT2D eigenvalue weighted by Crippen LogP contribution is 2.23. The average molecular weight is 390 g/mol. The quantitative estimate of drug-likeness (QED) is 0.507. The van der Waals surface area contributed by atoms with Crippen molar-refractivity contribution >= 4 is 17.4 Å². The van der Waals surface area contributed by atoms with Crippen LogP contribution < -0.4 is 11.1 Å². The van der Waals surface area contributed by atoms with E-state index in [0.29, 0.717) is 17.1 Å². The summed E-state index contributed by atoms with van der Waals surface area (Å²) in [5.74, 6) is 6.24. The van der Waals surface area contributed by atoms with Crippen LogP contribution in [0.3, 0.4) is 0 Å². The zero-order valence-corrected chi connectivity index (χ0v) is 16.0. The minimum atomic E-state index is -0.506. The fraction of sp³-hybridized carbons (Fsp3) is 0. The third kappa shape index (κ3) is 4.70. The zero-order valence-electron chi connectivity index (χ0n) is 16.0. The van der Waals surface area contributed by atoms with E-state index in [9.17, 15) is 4.79 Å². The summed E-state index contributed by atoms with van der Waals surface area (Å²) in [7, 11) is 0. The van der Waals surface area contributed by atoms with E-state index < -0.39 is 5.91 Å². The Morgan fingerprint density at radius 2 is 1.63 bits per heavy atom. The smallest absolute Gasteiger partial charge is 0.248 e. The van der Waals surface area contributed by atoms with E-state index in [2.05, 4.69) is 27.1 Å². The molecule has 2 heterocycles. The molecule has 0 aliphatic rings. The van der Waals surface area contributed by atoms with Crippen LogP contribution in [0, 0.1) is 11.8 Å². The minimum absolute atomic E-state index is 0.388. The van der Waals surface area contributed by atoms with Gasteiger partial charge in [0, 0.05) is 40.3 Å². The van der Waals surface area contributed by atoms with Crippen molar-refractivity contribution in [3.05, 3.63) is 108 Å². The summed E-state index contributed by atoms with van der Waals surface area (Å²) < 4.78 is 0. The molecule has 5 nitrogen and oxygen atoms in total. The Balaban J connectivity index is 1.62. The van der Waals surface area contributed by atoms with Gasteiger partial charge < -0.3 is 11.1 Å². The minimum Gasteiger partial charge on any atom is -0.366 e. The SMILES string of the molecule is NC(=O)c1cc(Nc2ccccc2)nc(-c2ccc(C#Cc3cccnc3)cc2)c1. The molecule has 0 saturated heterocycles. The number of carbonyl (C=O) groups is 1. The number of amides is 1. The van der Waals surface area contributed by atoms with Crippen LogP contribution in [-0.4, -0.2) is 15.9 Å². The van der Waals surface area contributed by atoms with Crippen molar-refractivity contribution in [1.82, 2.24) is 9.97 Å². The number of carbonyl (C=O) groups excluding carboxylic acids is 1. The highest BCUT2D eigenvalue weighted by atomic mass is 16.1. The number of pyridine rings is 2. The Morgan fingerprint density at radius 3 is 2.33 bits per heavy atom. The lowest BCUT2D eigenvalue weighted by Gasteiger charge is -2.10. The van der Waals surface area contributed by atoms with E-state index in [1.54, 1.807) is 24.5 Å². The summed E-state index contributed by atoms with van der Waals surface area (Å²) in [4.78, 5) is 20.5. The highest BCUT2D eigenvalue weighted by molar-refractivity contribution is 5.95. The normalized spacial score (nSPS) is 10.0. The van der Waals surface area contributed by atoms with Gasteiger partial charge in [-0.25, -0.2) is 4.98 Å². The van der Waals surface area contributed by atoms with Gasteiger partial charge in [0.05, 0.1) is 5.69 Å². The number of anilines is 2. The summed E-state index contributed by atoms with van der Waals surface area (Å²) in [6.07, 6.45) is 3.44. The molecule has 30 heavy (non-hydrogen) atoms. The molecule has 5 heteroatoms. The molecule has 0 spiro atoms. The molecule has 4 aromatic rings. The summed E-state index contributed by atoms with van der Waals surface area (Å²) >= 11 is 0. The molecular weight excluding hydrogens is 372 g/mol. The van der Waals surface area contributed by atoms with Crippen molar-refractivity contribution in [3.63, 3.8) is 0 Å². The van der Waals surface area contributed by atoms with E-state index >= 15 is 0 Å². The molecule has 144 valence electrons. The first-order valence-electron chi connectivity index (χ1n) is 9.34. The van der Waals surface area contributed by atoms with Crippen LogP contribution in [0.1, 0.15) is 21.5 Å². The lowest BCUT2D eigenvalue weighted by Crippen LogP contribution is -2.12. The molecule has 0 aliphatic heterocycles. The van der Waals surface area contributed by atoms with E-state index in [1.165, 1.54) is 0 Å². The number of nitrogens with one attached hydrogen (secondary N) is 1. The molecule has 0 radical (unpaired) electrons. The maximum Gasteiger partial charge on any atom is 0.248 e. The van der Waals surface area contributed by atoms with Crippen LogP contribution in [0.4, 0.5) is 11.5 Å². The Labute approximate surface area is 174 Å². The molecule has 3 N–H and O–H groups in total. The fourth-order valence-corrected chi connectivity index (χ4v) is 2.86. The van der Waals surface area contributed by atoms with Crippen molar-refractivity contribution in [3.8, 4) is 23.1 Å². The molecule has 0 aliphatic carbocycles. The Kier molecular flexibility index (Phi) is 5.50. The lowest BCUT2D eigenvalue weighted by atomic mass is 10.1. The molecule has 2 aromatic heterocycles. The molecule has 0 fully saturated rings. The summed E-state index contributed by atoms with van der Waals surface area (Å²) in [5.41, 5.74) is 10.0.